The molecular weight excluding hydrogens is 388 g/mol. The quantitative estimate of drug-likeness (QED) is 0.608. The van der Waals surface area contributed by atoms with Crippen molar-refractivity contribution in [3.8, 4) is 11.5 Å². The van der Waals surface area contributed by atoms with E-state index in [9.17, 15) is 14.4 Å². The van der Waals surface area contributed by atoms with Crippen LogP contribution in [-0.4, -0.2) is 63.1 Å². The van der Waals surface area contributed by atoms with Gasteiger partial charge in [0.25, 0.3) is 5.91 Å². The summed E-state index contributed by atoms with van der Waals surface area (Å²) in [6.45, 7) is 4.58. The lowest BCUT2D eigenvalue weighted by molar-refractivity contribution is -0.155. The lowest BCUT2D eigenvalue weighted by atomic mass is 10.1. The van der Waals surface area contributed by atoms with Crippen LogP contribution in [0.2, 0.25) is 5.02 Å². The SMILES string of the molecule is CCN(CC)C(=O)COC(=O)[C@H]1CC(=O)N(c2cc(Cl)c(OC)cc2OC)C1. The molecule has 8 nitrogen and oxygen atoms in total. The first-order valence-electron chi connectivity index (χ1n) is 9.02. The minimum absolute atomic E-state index is 0.00883. The zero-order valence-corrected chi connectivity index (χ0v) is 17.2. The van der Waals surface area contributed by atoms with E-state index in [2.05, 4.69) is 0 Å². The second kappa shape index (κ2) is 9.64. The zero-order valence-electron chi connectivity index (χ0n) is 16.5. The van der Waals surface area contributed by atoms with E-state index in [1.807, 2.05) is 13.8 Å². The fourth-order valence-corrected chi connectivity index (χ4v) is 3.31. The van der Waals surface area contributed by atoms with E-state index in [0.717, 1.165) is 0 Å². The van der Waals surface area contributed by atoms with Crippen LogP contribution in [0, 0.1) is 5.92 Å². The van der Waals surface area contributed by atoms with Gasteiger partial charge in [-0.05, 0) is 19.9 Å². The topological polar surface area (TPSA) is 85.4 Å². The molecule has 1 fully saturated rings. The fourth-order valence-electron chi connectivity index (χ4n) is 3.07. The summed E-state index contributed by atoms with van der Waals surface area (Å²) in [6.07, 6.45) is -0.00883. The summed E-state index contributed by atoms with van der Waals surface area (Å²) in [5, 5.41) is 0.321. The molecule has 1 aromatic carbocycles. The molecule has 1 heterocycles. The second-order valence-corrected chi connectivity index (χ2v) is 6.64. The highest BCUT2D eigenvalue weighted by molar-refractivity contribution is 6.32. The highest BCUT2D eigenvalue weighted by atomic mass is 35.5. The van der Waals surface area contributed by atoms with Gasteiger partial charge in [-0.1, -0.05) is 11.6 Å². The Bertz CT molecular complexity index is 750. The molecule has 154 valence electrons. The third-order valence-electron chi connectivity index (χ3n) is 4.66. The molecule has 2 rings (SSSR count). The molecule has 1 atom stereocenters. The van der Waals surface area contributed by atoms with Crippen molar-refractivity contribution in [3.63, 3.8) is 0 Å². The molecule has 0 spiro atoms. The summed E-state index contributed by atoms with van der Waals surface area (Å²) in [6, 6.07) is 3.15. The van der Waals surface area contributed by atoms with Crippen molar-refractivity contribution in [2.24, 2.45) is 5.92 Å². The van der Waals surface area contributed by atoms with Gasteiger partial charge in [0.2, 0.25) is 5.91 Å². The number of likely N-dealkylation sites (N-methyl/N-ethyl adjacent to an activating group) is 1. The van der Waals surface area contributed by atoms with Crippen molar-refractivity contribution in [1.82, 2.24) is 4.90 Å². The van der Waals surface area contributed by atoms with Gasteiger partial charge in [0.15, 0.2) is 6.61 Å². The average molecular weight is 413 g/mol. The van der Waals surface area contributed by atoms with E-state index in [1.54, 1.807) is 17.0 Å². The summed E-state index contributed by atoms with van der Waals surface area (Å²) >= 11 is 6.17. The minimum Gasteiger partial charge on any atom is -0.495 e. The van der Waals surface area contributed by atoms with Gasteiger partial charge >= 0.3 is 5.97 Å². The molecule has 0 saturated carbocycles. The van der Waals surface area contributed by atoms with Crippen LogP contribution in [0.5, 0.6) is 11.5 Å². The number of amides is 2. The van der Waals surface area contributed by atoms with E-state index in [-0.39, 0.29) is 31.4 Å². The summed E-state index contributed by atoms with van der Waals surface area (Å²) < 4.78 is 15.6. The molecule has 1 aliphatic heterocycles. The summed E-state index contributed by atoms with van der Waals surface area (Å²) in [7, 11) is 2.95. The van der Waals surface area contributed by atoms with Crippen molar-refractivity contribution in [1.29, 1.82) is 0 Å². The number of anilines is 1. The molecule has 0 aliphatic carbocycles. The Morgan fingerprint density at radius 3 is 2.39 bits per heavy atom. The molecule has 0 unspecified atom stereocenters. The Kier molecular flexibility index (Phi) is 7.51. The number of halogens is 1. The number of methoxy groups -OCH3 is 2. The van der Waals surface area contributed by atoms with E-state index in [0.29, 0.717) is 35.3 Å². The number of esters is 1. The van der Waals surface area contributed by atoms with Crippen molar-refractivity contribution in [2.75, 3.05) is 45.4 Å². The van der Waals surface area contributed by atoms with Crippen LogP contribution in [-0.2, 0) is 19.1 Å². The summed E-state index contributed by atoms with van der Waals surface area (Å²) in [5.74, 6) is -0.933. The Morgan fingerprint density at radius 2 is 1.82 bits per heavy atom. The number of rotatable bonds is 8. The number of hydrogen-bond acceptors (Lipinski definition) is 6. The Balaban J connectivity index is 2.08. The predicted molar refractivity (Wildman–Crippen MR) is 104 cm³/mol. The van der Waals surface area contributed by atoms with Crippen molar-refractivity contribution >= 4 is 35.1 Å². The molecule has 1 aromatic rings. The molecule has 2 amide bonds. The second-order valence-electron chi connectivity index (χ2n) is 6.24. The lowest BCUT2D eigenvalue weighted by Gasteiger charge is -2.21. The highest BCUT2D eigenvalue weighted by Crippen LogP contribution is 2.40. The van der Waals surface area contributed by atoms with E-state index in [1.165, 1.54) is 19.1 Å². The highest BCUT2D eigenvalue weighted by Gasteiger charge is 2.38. The zero-order chi connectivity index (χ0) is 20.8. The average Bonchev–Trinajstić information content (AvgIpc) is 3.08. The number of ether oxygens (including phenoxy) is 3. The molecule has 28 heavy (non-hydrogen) atoms. The maximum absolute atomic E-state index is 12.5. The van der Waals surface area contributed by atoms with Crippen LogP contribution in [0.1, 0.15) is 20.3 Å². The Hall–Kier alpha value is -2.48. The number of carbonyl (C=O) groups is 3. The van der Waals surface area contributed by atoms with Crippen molar-refractivity contribution < 1.29 is 28.6 Å². The van der Waals surface area contributed by atoms with Gasteiger partial charge in [0, 0.05) is 32.1 Å². The first kappa shape index (κ1) is 21.8. The van der Waals surface area contributed by atoms with Gasteiger partial charge in [-0.25, -0.2) is 0 Å². The van der Waals surface area contributed by atoms with Gasteiger partial charge in [-0.3, -0.25) is 14.4 Å². The van der Waals surface area contributed by atoms with Crippen molar-refractivity contribution in [3.05, 3.63) is 17.2 Å². The normalized spacial score (nSPS) is 16.1. The molecule has 0 aromatic heterocycles. The number of nitrogens with zero attached hydrogens (tertiary/aromatic N) is 2. The molecule has 0 radical (unpaired) electrons. The molecule has 9 heteroatoms. The van der Waals surface area contributed by atoms with Crippen LogP contribution >= 0.6 is 11.6 Å². The standard InChI is InChI=1S/C19H25ClN2O6/c1-5-21(6-2)18(24)11-28-19(25)12-7-17(23)22(10-12)14-8-13(20)15(26-3)9-16(14)27-4/h8-9,12H,5-7,10-11H2,1-4H3/t12-/m0/s1. The van der Waals surface area contributed by atoms with E-state index >= 15 is 0 Å². The van der Waals surface area contributed by atoms with Crippen LogP contribution in [0.4, 0.5) is 5.69 Å². The molecule has 1 saturated heterocycles. The van der Waals surface area contributed by atoms with Crippen LogP contribution in [0.3, 0.4) is 0 Å². The van der Waals surface area contributed by atoms with Crippen LogP contribution in [0.15, 0.2) is 12.1 Å². The largest absolute Gasteiger partial charge is 0.495 e. The maximum Gasteiger partial charge on any atom is 0.311 e. The Morgan fingerprint density at radius 1 is 1.18 bits per heavy atom. The molecular formula is C19H25ClN2O6. The number of hydrogen-bond donors (Lipinski definition) is 0. The fraction of sp³-hybridized carbons (Fsp3) is 0.526. The number of benzene rings is 1. The minimum atomic E-state index is -0.664. The van der Waals surface area contributed by atoms with Crippen molar-refractivity contribution in [2.45, 2.75) is 20.3 Å². The third kappa shape index (κ3) is 4.67. The summed E-state index contributed by atoms with van der Waals surface area (Å²) in [4.78, 5) is 39.8. The van der Waals surface area contributed by atoms with Gasteiger partial charge in [0.1, 0.15) is 11.5 Å². The maximum atomic E-state index is 12.5. The van der Waals surface area contributed by atoms with Gasteiger partial charge in [-0.15, -0.1) is 0 Å². The smallest absolute Gasteiger partial charge is 0.311 e. The predicted octanol–water partition coefficient (Wildman–Crippen LogP) is 2.12. The number of carbonyl (C=O) groups excluding carboxylic acids is 3. The van der Waals surface area contributed by atoms with E-state index < -0.39 is 11.9 Å². The van der Waals surface area contributed by atoms with Gasteiger partial charge in [-0.2, -0.15) is 0 Å². The Labute approximate surface area is 169 Å². The lowest BCUT2D eigenvalue weighted by Crippen LogP contribution is -2.35. The van der Waals surface area contributed by atoms with E-state index in [4.69, 9.17) is 25.8 Å². The molecule has 0 N–H and O–H groups in total. The monoisotopic (exact) mass is 412 g/mol. The van der Waals surface area contributed by atoms with Gasteiger partial charge < -0.3 is 24.0 Å². The van der Waals surface area contributed by atoms with Crippen LogP contribution in [0.25, 0.3) is 0 Å². The third-order valence-corrected chi connectivity index (χ3v) is 4.95. The first-order valence-corrected chi connectivity index (χ1v) is 9.40. The molecule has 1 aliphatic rings. The molecule has 0 bridgehead atoms. The first-order chi connectivity index (χ1) is 13.4. The van der Waals surface area contributed by atoms with Crippen LogP contribution < -0.4 is 14.4 Å². The summed E-state index contributed by atoms with van der Waals surface area (Å²) in [5.41, 5.74) is 0.452. The van der Waals surface area contributed by atoms with Gasteiger partial charge in [0.05, 0.1) is 30.8 Å².